The molecule has 1 aromatic carbocycles. The fourth-order valence-corrected chi connectivity index (χ4v) is 3.47. The highest BCUT2D eigenvalue weighted by atomic mass is 16.6. The molecule has 0 saturated carbocycles. The van der Waals surface area contributed by atoms with Crippen molar-refractivity contribution in [3.8, 4) is 0 Å². The number of nitrogens with two attached hydrogens (primary N) is 1. The number of carbonyl (C=O) groups excluding carboxylic acids is 2. The van der Waals surface area contributed by atoms with E-state index in [1.807, 2.05) is 49.9 Å². The highest BCUT2D eigenvalue weighted by Gasteiger charge is 2.26. The number of guanidine groups is 1. The third-order valence-corrected chi connectivity index (χ3v) is 5.10. The molecular weight excluding hydrogens is 398 g/mol. The Morgan fingerprint density at radius 1 is 1.23 bits per heavy atom. The van der Waals surface area contributed by atoms with Crippen molar-refractivity contribution < 1.29 is 19.1 Å². The summed E-state index contributed by atoms with van der Waals surface area (Å²) < 4.78 is 10.8. The molecule has 2 aliphatic heterocycles. The minimum atomic E-state index is -0.507. The van der Waals surface area contributed by atoms with E-state index in [4.69, 9.17) is 15.2 Å². The molecule has 3 N–H and O–H groups in total. The normalized spacial score (nSPS) is 20.0. The molecule has 2 amide bonds. The lowest BCUT2D eigenvalue weighted by molar-refractivity contribution is -0.124. The maximum Gasteiger partial charge on any atom is 0.410 e. The summed E-state index contributed by atoms with van der Waals surface area (Å²) in [6.45, 7) is 8.89. The molecule has 0 radical (unpaired) electrons. The van der Waals surface area contributed by atoms with Gasteiger partial charge in [-0.15, -0.1) is 0 Å². The first-order chi connectivity index (χ1) is 14.7. The molecule has 3 rings (SSSR count). The molecule has 2 fully saturated rings. The van der Waals surface area contributed by atoms with Gasteiger partial charge in [0.1, 0.15) is 11.7 Å². The Morgan fingerprint density at radius 3 is 2.58 bits per heavy atom. The van der Waals surface area contributed by atoms with E-state index >= 15 is 0 Å². The summed E-state index contributed by atoms with van der Waals surface area (Å²) in [6.07, 6.45) is 1.01. The summed E-state index contributed by atoms with van der Waals surface area (Å²) in [6, 6.07) is 7.56. The molecule has 170 valence electrons. The van der Waals surface area contributed by atoms with Gasteiger partial charge in [0.2, 0.25) is 0 Å². The third kappa shape index (κ3) is 6.85. The van der Waals surface area contributed by atoms with E-state index in [1.165, 1.54) is 0 Å². The number of piperazine rings is 1. The first kappa shape index (κ1) is 22.9. The van der Waals surface area contributed by atoms with Crippen LogP contribution in [0, 0.1) is 0 Å². The number of benzene rings is 1. The maximum atomic E-state index is 12.2. The van der Waals surface area contributed by atoms with Crippen LogP contribution in [0.4, 0.5) is 10.5 Å². The van der Waals surface area contributed by atoms with E-state index in [9.17, 15) is 9.59 Å². The van der Waals surface area contributed by atoms with Gasteiger partial charge in [0.05, 0.1) is 6.54 Å². The van der Waals surface area contributed by atoms with Crippen molar-refractivity contribution in [3.05, 3.63) is 29.8 Å². The molecule has 9 nitrogen and oxygen atoms in total. The molecule has 2 aliphatic rings. The van der Waals surface area contributed by atoms with Crippen LogP contribution in [-0.2, 0) is 20.8 Å². The smallest absolute Gasteiger partial charge is 0.410 e. The summed E-state index contributed by atoms with van der Waals surface area (Å²) in [5.74, 6) is 0.332. The topological polar surface area (TPSA) is 109 Å². The molecule has 9 heteroatoms. The Balaban J connectivity index is 1.49. The number of carbonyl (C=O) groups is 2. The first-order valence-corrected chi connectivity index (χ1v) is 10.8. The quantitative estimate of drug-likeness (QED) is 0.559. The van der Waals surface area contributed by atoms with Gasteiger partial charge in [0, 0.05) is 38.5 Å². The molecule has 2 heterocycles. The summed E-state index contributed by atoms with van der Waals surface area (Å²) in [5.41, 5.74) is 7.33. The lowest BCUT2D eigenvalue weighted by Crippen LogP contribution is -2.53. The lowest BCUT2D eigenvalue weighted by Gasteiger charge is -2.36. The highest BCUT2D eigenvalue weighted by Crippen LogP contribution is 2.17. The van der Waals surface area contributed by atoms with Gasteiger partial charge in [-0.1, -0.05) is 12.1 Å². The SMILES string of the molecule is CC(C)(C)OC(=O)N1CCN(C(N)=NCc2cccc(NC(=O)C3CCCO3)c2)CC1. The maximum absolute atomic E-state index is 12.2. The van der Waals surface area contributed by atoms with Crippen LogP contribution in [0.2, 0.25) is 0 Å². The lowest BCUT2D eigenvalue weighted by atomic mass is 10.2. The average Bonchev–Trinajstić information content (AvgIpc) is 3.26. The molecule has 1 unspecified atom stereocenters. The largest absolute Gasteiger partial charge is 0.444 e. The van der Waals surface area contributed by atoms with E-state index in [0.29, 0.717) is 45.3 Å². The van der Waals surface area contributed by atoms with E-state index < -0.39 is 5.60 Å². The van der Waals surface area contributed by atoms with Crippen LogP contribution in [0.25, 0.3) is 0 Å². The van der Waals surface area contributed by atoms with Gasteiger partial charge in [-0.2, -0.15) is 0 Å². The monoisotopic (exact) mass is 431 g/mol. The molecule has 0 spiro atoms. The number of hydrogen-bond acceptors (Lipinski definition) is 5. The van der Waals surface area contributed by atoms with Crippen molar-refractivity contribution in [1.82, 2.24) is 9.80 Å². The van der Waals surface area contributed by atoms with Gasteiger partial charge < -0.3 is 30.3 Å². The third-order valence-electron chi connectivity index (χ3n) is 5.10. The van der Waals surface area contributed by atoms with Crippen LogP contribution in [0.1, 0.15) is 39.2 Å². The minimum Gasteiger partial charge on any atom is -0.444 e. The Bertz CT molecular complexity index is 806. The second-order valence-electron chi connectivity index (χ2n) is 8.82. The van der Waals surface area contributed by atoms with Gasteiger partial charge in [-0.25, -0.2) is 9.79 Å². The van der Waals surface area contributed by atoms with Gasteiger partial charge >= 0.3 is 6.09 Å². The molecule has 1 atom stereocenters. The minimum absolute atomic E-state index is 0.111. The second kappa shape index (κ2) is 10.00. The van der Waals surface area contributed by atoms with E-state index in [2.05, 4.69) is 10.3 Å². The average molecular weight is 432 g/mol. The predicted octanol–water partition coefficient (Wildman–Crippen LogP) is 2.17. The van der Waals surface area contributed by atoms with Crippen molar-refractivity contribution in [1.29, 1.82) is 0 Å². The zero-order valence-corrected chi connectivity index (χ0v) is 18.6. The Labute approximate surface area is 183 Å². The molecule has 0 aromatic heterocycles. The number of ether oxygens (including phenoxy) is 2. The second-order valence-corrected chi connectivity index (χ2v) is 8.82. The fraction of sp³-hybridized carbons (Fsp3) is 0.591. The first-order valence-electron chi connectivity index (χ1n) is 10.8. The van der Waals surface area contributed by atoms with Crippen LogP contribution in [0.5, 0.6) is 0 Å². The van der Waals surface area contributed by atoms with Crippen molar-refractivity contribution >= 4 is 23.6 Å². The molecule has 2 saturated heterocycles. The fourth-order valence-electron chi connectivity index (χ4n) is 3.47. The molecule has 31 heavy (non-hydrogen) atoms. The van der Waals surface area contributed by atoms with Crippen LogP contribution in [0.15, 0.2) is 29.3 Å². The van der Waals surface area contributed by atoms with Crippen molar-refractivity contribution in [2.45, 2.75) is 51.9 Å². The van der Waals surface area contributed by atoms with Gasteiger partial charge in [-0.3, -0.25) is 4.79 Å². The number of anilines is 1. The van der Waals surface area contributed by atoms with Gasteiger partial charge in [0.15, 0.2) is 5.96 Å². The highest BCUT2D eigenvalue weighted by molar-refractivity contribution is 5.94. The summed E-state index contributed by atoms with van der Waals surface area (Å²) in [7, 11) is 0. The molecular formula is C22H33N5O4. The molecule has 0 bridgehead atoms. The van der Waals surface area contributed by atoms with Crippen LogP contribution in [-0.4, -0.2) is 72.3 Å². The van der Waals surface area contributed by atoms with Crippen LogP contribution < -0.4 is 11.1 Å². The van der Waals surface area contributed by atoms with Crippen LogP contribution >= 0.6 is 0 Å². The number of nitrogens with zero attached hydrogens (tertiary/aromatic N) is 3. The van der Waals surface area contributed by atoms with Crippen molar-refractivity contribution in [2.75, 3.05) is 38.1 Å². The number of rotatable bonds is 4. The summed E-state index contributed by atoms with van der Waals surface area (Å²) in [5, 5.41) is 2.90. The van der Waals surface area contributed by atoms with Gasteiger partial charge in [-0.05, 0) is 51.3 Å². The Hall–Kier alpha value is -2.81. The molecule has 0 aliphatic carbocycles. The van der Waals surface area contributed by atoms with E-state index in [0.717, 1.165) is 24.1 Å². The number of nitrogens with one attached hydrogen (secondary N) is 1. The zero-order chi connectivity index (χ0) is 22.4. The Morgan fingerprint density at radius 2 is 1.94 bits per heavy atom. The molecule has 1 aromatic rings. The standard InChI is InChI=1S/C22H33N5O4/c1-22(2,3)31-21(29)27-11-9-26(10-12-27)20(23)24-15-16-6-4-7-17(14-16)25-19(28)18-8-5-13-30-18/h4,6-7,14,18H,5,8-13,15H2,1-3H3,(H2,23,24)(H,25,28). The zero-order valence-electron chi connectivity index (χ0n) is 18.6. The van der Waals surface area contributed by atoms with Crippen LogP contribution in [0.3, 0.4) is 0 Å². The summed E-state index contributed by atoms with van der Waals surface area (Å²) >= 11 is 0. The van der Waals surface area contributed by atoms with E-state index in [1.54, 1.807) is 4.90 Å². The number of hydrogen-bond donors (Lipinski definition) is 2. The van der Waals surface area contributed by atoms with Crippen molar-refractivity contribution in [3.63, 3.8) is 0 Å². The number of amides is 2. The summed E-state index contributed by atoms with van der Waals surface area (Å²) in [4.78, 5) is 32.5. The predicted molar refractivity (Wildman–Crippen MR) is 119 cm³/mol. The van der Waals surface area contributed by atoms with Crippen molar-refractivity contribution in [2.24, 2.45) is 10.7 Å². The van der Waals surface area contributed by atoms with Gasteiger partial charge in [0.25, 0.3) is 5.91 Å². The number of aliphatic imine (C=N–C) groups is 1. The Kier molecular flexibility index (Phi) is 7.37. The van der Waals surface area contributed by atoms with E-state index in [-0.39, 0.29) is 18.1 Å².